The van der Waals surface area contributed by atoms with Crippen molar-refractivity contribution in [1.82, 2.24) is 9.97 Å². The average molecular weight is 510 g/mol. The van der Waals surface area contributed by atoms with E-state index in [4.69, 9.17) is 0 Å². The number of pyridine rings is 2. The molecule has 2 aromatic carbocycles. The largest absolute Gasteiger partial charge is 2.00 e. The molecule has 34 heavy (non-hydrogen) atoms. The van der Waals surface area contributed by atoms with E-state index < -0.39 is 11.9 Å². The van der Waals surface area contributed by atoms with Crippen molar-refractivity contribution in [2.45, 2.75) is 13.8 Å². The Labute approximate surface area is 210 Å². The van der Waals surface area contributed by atoms with Gasteiger partial charge >= 0.3 is 17.1 Å². The van der Waals surface area contributed by atoms with Crippen LogP contribution in [0.4, 0.5) is 0 Å². The van der Waals surface area contributed by atoms with Crippen molar-refractivity contribution in [2.24, 2.45) is 0 Å². The number of carbonyl (C=O) groups is 2. The van der Waals surface area contributed by atoms with Crippen molar-refractivity contribution in [1.29, 1.82) is 0 Å². The van der Waals surface area contributed by atoms with Gasteiger partial charge in [0.25, 0.3) is 0 Å². The Hall–Kier alpha value is -3.84. The van der Waals surface area contributed by atoms with Crippen LogP contribution in [0.5, 0.6) is 0 Å². The molecule has 0 saturated heterocycles. The van der Waals surface area contributed by atoms with E-state index in [2.05, 4.69) is 9.97 Å². The maximum absolute atomic E-state index is 10.2. The minimum Gasteiger partial charge on any atom is -0.545 e. The quantitative estimate of drug-likeness (QED) is 0.379. The minimum atomic E-state index is -1.12. The summed E-state index contributed by atoms with van der Waals surface area (Å²) in [6, 6.07) is 24.5. The molecule has 181 valence electrons. The van der Waals surface area contributed by atoms with Gasteiger partial charge in [0.05, 0.1) is 11.9 Å². The molecule has 0 aliphatic heterocycles. The number of aryl methyl sites for hydroxylation is 2. The van der Waals surface area contributed by atoms with Gasteiger partial charge in [-0.15, -0.1) is 0 Å². The average Bonchev–Trinajstić information content (AvgIpc) is 2.83. The Bertz CT molecular complexity index is 890. The molecule has 2 N–H and O–H groups in total. The number of carboxylic acid groups (broad SMARTS) is 2. The monoisotopic (exact) mass is 509 g/mol. The van der Waals surface area contributed by atoms with Gasteiger partial charge in [-0.1, -0.05) is 71.8 Å². The normalized spacial score (nSPS) is 8.29. The van der Waals surface area contributed by atoms with Gasteiger partial charge in [-0.25, -0.2) is 0 Å². The molecule has 0 amide bonds. The van der Waals surface area contributed by atoms with Crippen molar-refractivity contribution < 1.29 is 42.3 Å². The van der Waals surface area contributed by atoms with E-state index in [1.165, 1.54) is 24.3 Å². The van der Waals surface area contributed by atoms with E-state index in [0.29, 0.717) is 0 Å². The summed E-state index contributed by atoms with van der Waals surface area (Å²) in [6.45, 7) is 3.80. The molecule has 7 nitrogen and oxygen atoms in total. The fourth-order valence-corrected chi connectivity index (χ4v) is 2.00. The summed E-state index contributed by atoms with van der Waals surface area (Å²) in [5, 5.41) is 20.4. The van der Waals surface area contributed by atoms with Crippen LogP contribution in [0.3, 0.4) is 0 Å². The Morgan fingerprint density at radius 3 is 0.971 bits per heavy atom. The number of carboxylic acids is 2. The smallest absolute Gasteiger partial charge is 0.545 e. The molecule has 0 aliphatic carbocycles. The van der Waals surface area contributed by atoms with Crippen molar-refractivity contribution in [3.63, 3.8) is 0 Å². The first-order valence-electron chi connectivity index (χ1n) is 9.66. The standard InChI is InChI=1S/2C8H8O2.2C5H5N.Cu.H2O/c2*1-6-2-4-7(5-3-6)8(9)10;2*1-2-4-6-5-3-1;;/h2*2-5H,1H3,(H,9,10);2*1-5H;;1H2/q;;;;+2;/p-2. The van der Waals surface area contributed by atoms with Crippen LogP contribution in [0.1, 0.15) is 31.8 Å². The van der Waals surface area contributed by atoms with Crippen molar-refractivity contribution in [2.75, 3.05) is 0 Å². The first kappa shape index (κ1) is 32.3. The van der Waals surface area contributed by atoms with Crippen LogP contribution in [-0.2, 0) is 17.1 Å². The third-order valence-corrected chi connectivity index (χ3v) is 3.71. The fourth-order valence-electron chi connectivity index (χ4n) is 2.00. The van der Waals surface area contributed by atoms with Crippen LogP contribution in [-0.4, -0.2) is 27.4 Å². The summed E-state index contributed by atoms with van der Waals surface area (Å²) < 4.78 is 0. The Kier molecular flexibility index (Phi) is 18.8. The van der Waals surface area contributed by atoms with E-state index in [-0.39, 0.29) is 33.7 Å². The number of nitrogens with zero attached hydrogens (tertiary/aromatic N) is 2. The van der Waals surface area contributed by atoms with E-state index in [1.807, 2.05) is 50.2 Å². The summed E-state index contributed by atoms with van der Waals surface area (Å²) in [5.74, 6) is -2.25. The van der Waals surface area contributed by atoms with Crippen LogP contribution in [0.15, 0.2) is 110 Å². The SMILES string of the molecule is Cc1ccc(C(=O)[O-])cc1.Cc1ccc(C(=O)[O-])cc1.O.[Cu+2].c1ccncc1.c1ccncc1. The third kappa shape index (κ3) is 15.9. The number of rotatable bonds is 2. The fraction of sp³-hybridized carbons (Fsp3) is 0.0769. The predicted molar refractivity (Wildman–Crippen MR) is 123 cm³/mol. The number of hydrogen-bond acceptors (Lipinski definition) is 6. The first-order chi connectivity index (χ1) is 15.4. The summed E-state index contributed by atoms with van der Waals surface area (Å²) in [7, 11) is 0. The zero-order valence-corrected chi connectivity index (χ0v) is 19.7. The van der Waals surface area contributed by atoms with Gasteiger partial charge in [-0.3, -0.25) is 9.97 Å². The molecule has 4 aromatic rings. The molecule has 1 radical (unpaired) electrons. The Morgan fingerprint density at radius 2 is 0.824 bits per heavy atom. The molecule has 0 aliphatic rings. The van der Waals surface area contributed by atoms with E-state index in [1.54, 1.807) is 49.1 Å². The first-order valence-corrected chi connectivity index (χ1v) is 9.66. The van der Waals surface area contributed by atoms with Gasteiger partial charge in [0.15, 0.2) is 0 Å². The van der Waals surface area contributed by atoms with E-state index >= 15 is 0 Å². The van der Waals surface area contributed by atoms with Crippen LogP contribution < -0.4 is 10.2 Å². The second kappa shape index (κ2) is 19.8. The van der Waals surface area contributed by atoms with Crippen LogP contribution in [0.2, 0.25) is 0 Å². The van der Waals surface area contributed by atoms with Gasteiger partial charge in [-0.2, -0.15) is 0 Å². The second-order valence-electron chi connectivity index (χ2n) is 6.36. The topological polar surface area (TPSA) is 138 Å². The molecule has 0 fully saturated rings. The van der Waals surface area contributed by atoms with Gasteiger partial charge in [0.2, 0.25) is 0 Å². The van der Waals surface area contributed by atoms with Crippen molar-refractivity contribution in [3.8, 4) is 0 Å². The summed E-state index contributed by atoms with van der Waals surface area (Å²) >= 11 is 0. The van der Waals surface area contributed by atoms with E-state index in [0.717, 1.165) is 11.1 Å². The maximum atomic E-state index is 10.2. The van der Waals surface area contributed by atoms with E-state index in [9.17, 15) is 19.8 Å². The second-order valence-corrected chi connectivity index (χ2v) is 6.36. The molecule has 0 spiro atoms. The predicted octanol–water partition coefficient (Wildman–Crippen LogP) is 2.05. The zero-order chi connectivity index (χ0) is 23.6. The van der Waals surface area contributed by atoms with Gasteiger partial charge in [0, 0.05) is 24.8 Å². The van der Waals surface area contributed by atoms with Gasteiger partial charge in [0.1, 0.15) is 0 Å². The van der Waals surface area contributed by atoms with Gasteiger partial charge in [-0.05, 0) is 49.2 Å². The molecule has 8 heteroatoms. The number of aromatic carboxylic acids is 2. The van der Waals surface area contributed by atoms with Crippen molar-refractivity contribution >= 4 is 11.9 Å². The van der Waals surface area contributed by atoms with Gasteiger partial charge < -0.3 is 25.3 Å². The molecular weight excluding hydrogens is 484 g/mol. The summed E-state index contributed by atoms with van der Waals surface area (Å²) in [4.78, 5) is 28.0. The Morgan fingerprint density at radius 1 is 0.559 bits per heavy atom. The molecule has 2 aromatic heterocycles. The maximum Gasteiger partial charge on any atom is 2.00 e. The van der Waals surface area contributed by atoms with Crippen LogP contribution in [0.25, 0.3) is 0 Å². The zero-order valence-electron chi connectivity index (χ0n) is 18.7. The molecule has 0 atom stereocenters. The molecular formula is C26H26CuN2O5. The van der Waals surface area contributed by atoms with Crippen molar-refractivity contribution in [3.05, 3.63) is 132 Å². The number of carbonyl (C=O) groups excluding carboxylic acids is 2. The molecule has 0 bridgehead atoms. The number of benzene rings is 2. The molecule has 2 heterocycles. The van der Waals surface area contributed by atoms with Crippen LogP contribution in [0, 0.1) is 13.8 Å². The molecule has 0 saturated carbocycles. The molecule has 4 rings (SSSR count). The summed E-state index contributed by atoms with van der Waals surface area (Å²) in [5.41, 5.74) is 2.55. The number of hydrogen-bond donors (Lipinski definition) is 0. The minimum absolute atomic E-state index is 0. The number of aromatic nitrogens is 2. The third-order valence-electron chi connectivity index (χ3n) is 3.71. The van der Waals surface area contributed by atoms with Crippen LogP contribution >= 0.6 is 0 Å². The molecule has 0 unspecified atom stereocenters. The summed E-state index contributed by atoms with van der Waals surface area (Å²) in [6.07, 6.45) is 7.00. The Balaban J connectivity index is 0.